The van der Waals surface area contributed by atoms with Crippen molar-refractivity contribution in [3.8, 4) is 0 Å². The summed E-state index contributed by atoms with van der Waals surface area (Å²) in [5, 5.41) is 2.88. The standard InChI is InChI=1S/C18H25N3O3/c1-13(2)11-19-17(23)16-12-20(14(3)22)9-10-21(16)18(24)15-7-5-4-6-8-15/h4-8,13,16H,9-12H2,1-3H3,(H,19,23). The average molecular weight is 331 g/mol. The normalized spacial score (nSPS) is 17.8. The highest BCUT2D eigenvalue weighted by Gasteiger charge is 2.36. The third-order valence-corrected chi connectivity index (χ3v) is 4.09. The van der Waals surface area contributed by atoms with Gasteiger partial charge >= 0.3 is 0 Å². The van der Waals surface area contributed by atoms with Crippen molar-refractivity contribution in [2.45, 2.75) is 26.8 Å². The van der Waals surface area contributed by atoms with E-state index in [-0.39, 0.29) is 24.3 Å². The lowest BCUT2D eigenvalue weighted by atomic mass is 10.1. The van der Waals surface area contributed by atoms with E-state index in [4.69, 9.17) is 0 Å². The van der Waals surface area contributed by atoms with Gasteiger partial charge in [-0.1, -0.05) is 32.0 Å². The van der Waals surface area contributed by atoms with E-state index < -0.39 is 6.04 Å². The van der Waals surface area contributed by atoms with Crippen molar-refractivity contribution in [2.75, 3.05) is 26.2 Å². The number of carbonyl (C=O) groups excluding carboxylic acids is 3. The van der Waals surface area contributed by atoms with Crippen LogP contribution < -0.4 is 5.32 Å². The fraction of sp³-hybridized carbons (Fsp3) is 0.500. The van der Waals surface area contributed by atoms with Crippen LogP contribution >= 0.6 is 0 Å². The molecule has 2 rings (SSSR count). The van der Waals surface area contributed by atoms with Crippen molar-refractivity contribution in [3.05, 3.63) is 35.9 Å². The Bertz CT molecular complexity index is 601. The van der Waals surface area contributed by atoms with Gasteiger partial charge in [0, 0.05) is 32.1 Å². The van der Waals surface area contributed by atoms with Crippen molar-refractivity contribution in [1.82, 2.24) is 15.1 Å². The van der Waals surface area contributed by atoms with E-state index in [2.05, 4.69) is 5.32 Å². The van der Waals surface area contributed by atoms with Gasteiger partial charge in [0.05, 0.1) is 6.54 Å². The molecule has 0 spiro atoms. The Labute approximate surface area is 142 Å². The fourth-order valence-electron chi connectivity index (χ4n) is 2.71. The van der Waals surface area contributed by atoms with Crippen LogP contribution in [0.5, 0.6) is 0 Å². The summed E-state index contributed by atoms with van der Waals surface area (Å²) in [7, 11) is 0. The number of piperazine rings is 1. The first-order valence-corrected chi connectivity index (χ1v) is 8.29. The number of nitrogens with one attached hydrogen (secondary N) is 1. The maximum atomic E-state index is 12.8. The molecule has 1 aliphatic heterocycles. The minimum Gasteiger partial charge on any atom is -0.354 e. The molecule has 1 unspecified atom stereocenters. The Morgan fingerprint density at radius 1 is 1.17 bits per heavy atom. The summed E-state index contributed by atoms with van der Waals surface area (Å²) in [5.41, 5.74) is 0.551. The summed E-state index contributed by atoms with van der Waals surface area (Å²) in [5.74, 6) is -0.148. The quantitative estimate of drug-likeness (QED) is 0.899. The van der Waals surface area contributed by atoms with E-state index in [1.165, 1.54) is 6.92 Å². The van der Waals surface area contributed by atoms with Crippen LogP contribution in [0.1, 0.15) is 31.1 Å². The summed E-state index contributed by atoms with van der Waals surface area (Å²) >= 11 is 0. The van der Waals surface area contributed by atoms with Gasteiger partial charge in [-0.25, -0.2) is 0 Å². The molecule has 1 atom stereocenters. The molecule has 3 amide bonds. The van der Waals surface area contributed by atoms with Gasteiger partial charge in [0.2, 0.25) is 11.8 Å². The van der Waals surface area contributed by atoms with Gasteiger partial charge in [0.15, 0.2) is 0 Å². The first-order chi connectivity index (χ1) is 11.4. The predicted octanol–water partition coefficient (Wildman–Crippen LogP) is 1.13. The summed E-state index contributed by atoms with van der Waals surface area (Å²) in [6, 6.07) is 8.26. The van der Waals surface area contributed by atoms with E-state index in [1.54, 1.807) is 34.1 Å². The Kier molecular flexibility index (Phi) is 5.95. The zero-order valence-electron chi connectivity index (χ0n) is 14.5. The van der Waals surface area contributed by atoms with Crippen LogP contribution in [-0.4, -0.2) is 59.7 Å². The van der Waals surface area contributed by atoms with Gasteiger partial charge in [0.25, 0.3) is 5.91 Å². The molecule has 6 nitrogen and oxygen atoms in total. The molecule has 0 aromatic heterocycles. The summed E-state index contributed by atoms with van der Waals surface area (Å²) in [6.45, 7) is 7.08. The molecule has 1 aliphatic rings. The number of carbonyl (C=O) groups is 3. The molecule has 130 valence electrons. The molecule has 24 heavy (non-hydrogen) atoms. The zero-order chi connectivity index (χ0) is 17.7. The molecule has 0 aliphatic carbocycles. The Morgan fingerprint density at radius 2 is 1.83 bits per heavy atom. The van der Waals surface area contributed by atoms with E-state index >= 15 is 0 Å². The second-order valence-electron chi connectivity index (χ2n) is 6.48. The Morgan fingerprint density at radius 3 is 2.42 bits per heavy atom. The molecule has 0 saturated carbocycles. The Hall–Kier alpha value is -2.37. The Balaban J connectivity index is 2.18. The average Bonchev–Trinajstić information content (AvgIpc) is 2.59. The smallest absolute Gasteiger partial charge is 0.254 e. The van der Waals surface area contributed by atoms with E-state index in [0.717, 1.165) is 0 Å². The number of nitrogens with zero attached hydrogens (tertiary/aromatic N) is 2. The van der Waals surface area contributed by atoms with E-state index in [0.29, 0.717) is 31.1 Å². The number of rotatable bonds is 4. The first-order valence-electron chi connectivity index (χ1n) is 8.29. The van der Waals surface area contributed by atoms with Crippen LogP contribution in [0.4, 0.5) is 0 Å². The van der Waals surface area contributed by atoms with Gasteiger partial charge in [-0.05, 0) is 18.1 Å². The highest BCUT2D eigenvalue weighted by atomic mass is 16.2. The van der Waals surface area contributed by atoms with Crippen LogP contribution in [0, 0.1) is 5.92 Å². The summed E-state index contributed by atoms with van der Waals surface area (Å²) < 4.78 is 0. The lowest BCUT2D eigenvalue weighted by Crippen LogP contribution is -2.61. The maximum Gasteiger partial charge on any atom is 0.254 e. The van der Waals surface area contributed by atoms with Crippen LogP contribution in [-0.2, 0) is 9.59 Å². The number of benzene rings is 1. The maximum absolute atomic E-state index is 12.8. The first kappa shape index (κ1) is 18.0. The minimum absolute atomic E-state index is 0.0801. The van der Waals surface area contributed by atoms with Gasteiger partial charge in [-0.15, -0.1) is 0 Å². The van der Waals surface area contributed by atoms with Crippen molar-refractivity contribution in [1.29, 1.82) is 0 Å². The molecule has 1 aromatic rings. The second-order valence-corrected chi connectivity index (χ2v) is 6.48. The third kappa shape index (κ3) is 4.34. The van der Waals surface area contributed by atoms with Gasteiger partial charge in [-0.2, -0.15) is 0 Å². The molecular formula is C18H25N3O3. The lowest BCUT2D eigenvalue weighted by molar-refractivity contribution is -0.135. The van der Waals surface area contributed by atoms with Crippen LogP contribution in [0.2, 0.25) is 0 Å². The SMILES string of the molecule is CC(=O)N1CCN(C(=O)c2ccccc2)C(C(=O)NCC(C)C)C1. The lowest BCUT2D eigenvalue weighted by Gasteiger charge is -2.40. The molecular weight excluding hydrogens is 306 g/mol. The van der Waals surface area contributed by atoms with E-state index in [1.807, 2.05) is 19.9 Å². The molecule has 1 fully saturated rings. The van der Waals surface area contributed by atoms with Crippen molar-refractivity contribution in [2.24, 2.45) is 5.92 Å². The number of hydrogen-bond donors (Lipinski definition) is 1. The van der Waals surface area contributed by atoms with Crippen molar-refractivity contribution < 1.29 is 14.4 Å². The largest absolute Gasteiger partial charge is 0.354 e. The van der Waals surface area contributed by atoms with Crippen molar-refractivity contribution >= 4 is 17.7 Å². The van der Waals surface area contributed by atoms with Crippen molar-refractivity contribution in [3.63, 3.8) is 0 Å². The van der Waals surface area contributed by atoms with E-state index in [9.17, 15) is 14.4 Å². The zero-order valence-corrected chi connectivity index (χ0v) is 14.5. The van der Waals surface area contributed by atoms with Crippen LogP contribution in [0.3, 0.4) is 0 Å². The predicted molar refractivity (Wildman–Crippen MR) is 91.4 cm³/mol. The highest BCUT2D eigenvalue weighted by molar-refractivity contribution is 5.98. The van der Waals surface area contributed by atoms with Crippen LogP contribution in [0.15, 0.2) is 30.3 Å². The van der Waals surface area contributed by atoms with Crippen LogP contribution in [0.25, 0.3) is 0 Å². The number of amides is 3. The molecule has 1 saturated heterocycles. The summed E-state index contributed by atoms with van der Waals surface area (Å²) in [4.78, 5) is 40.2. The monoisotopic (exact) mass is 331 g/mol. The second kappa shape index (κ2) is 7.95. The third-order valence-electron chi connectivity index (χ3n) is 4.09. The minimum atomic E-state index is -0.658. The highest BCUT2D eigenvalue weighted by Crippen LogP contribution is 2.15. The molecule has 6 heteroatoms. The fourth-order valence-corrected chi connectivity index (χ4v) is 2.71. The molecule has 0 bridgehead atoms. The summed E-state index contributed by atoms with van der Waals surface area (Å²) in [6.07, 6.45) is 0. The van der Waals surface area contributed by atoms with Gasteiger partial charge < -0.3 is 15.1 Å². The van der Waals surface area contributed by atoms with Gasteiger partial charge in [0.1, 0.15) is 6.04 Å². The molecule has 1 N–H and O–H groups in total. The topological polar surface area (TPSA) is 69.7 Å². The molecule has 1 aromatic carbocycles. The number of hydrogen-bond acceptors (Lipinski definition) is 3. The molecule has 0 radical (unpaired) electrons. The van der Waals surface area contributed by atoms with Gasteiger partial charge in [-0.3, -0.25) is 14.4 Å². The molecule has 1 heterocycles.